The van der Waals surface area contributed by atoms with Gasteiger partial charge in [0.15, 0.2) is 5.13 Å². The van der Waals surface area contributed by atoms with Crippen molar-refractivity contribution >= 4 is 34.3 Å². The smallest absolute Gasteiger partial charge is 0.311 e. The molecule has 0 aliphatic carbocycles. The number of benzene rings is 1. The summed E-state index contributed by atoms with van der Waals surface area (Å²) in [4.78, 5) is 45.8. The molecule has 2 amide bonds. The van der Waals surface area contributed by atoms with E-state index in [1.807, 2.05) is 30.3 Å². The Hall–Kier alpha value is -2.94. The summed E-state index contributed by atoms with van der Waals surface area (Å²) in [6.45, 7) is 0.323. The number of nitrogens with zero attached hydrogens (tertiary/aromatic N) is 3. The lowest BCUT2D eigenvalue weighted by molar-refractivity contribution is -0.147. The molecule has 0 saturated carbocycles. The molecule has 1 aromatic heterocycles. The molecule has 2 fully saturated rings. The second-order valence-electron chi connectivity index (χ2n) is 6.92. The van der Waals surface area contributed by atoms with Crippen LogP contribution in [0.25, 0.3) is 0 Å². The maximum atomic E-state index is 13.0. The number of methoxy groups -OCH3 is 1. The molecule has 8 nitrogen and oxygen atoms in total. The monoisotopic (exact) mass is 400 g/mol. The van der Waals surface area contributed by atoms with Crippen LogP contribution in [0, 0.1) is 5.92 Å². The maximum absolute atomic E-state index is 13.0. The van der Waals surface area contributed by atoms with Crippen molar-refractivity contribution in [3.05, 3.63) is 47.0 Å². The molecule has 1 aromatic carbocycles. The summed E-state index contributed by atoms with van der Waals surface area (Å²) in [5.74, 6) is -1.25. The summed E-state index contributed by atoms with van der Waals surface area (Å²) in [7, 11) is 1.35. The Kier molecular flexibility index (Phi) is 4.76. The Morgan fingerprint density at radius 3 is 2.68 bits per heavy atom. The first-order valence-electron chi connectivity index (χ1n) is 8.94. The van der Waals surface area contributed by atoms with Gasteiger partial charge in [-0.05, 0) is 12.0 Å². The highest BCUT2D eigenvalue weighted by molar-refractivity contribution is 7.17. The van der Waals surface area contributed by atoms with Crippen molar-refractivity contribution in [3.63, 3.8) is 0 Å². The van der Waals surface area contributed by atoms with Gasteiger partial charge in [0.25, 0.3) is 5.91 Å². The first kappa shape index (κ1) is 18.4. The second kappa shape index (κ2) is 7.23. The number of fused-ring (bicyclic) bond motifs is 1. The molecule has 0 radical (unpaired) electrons. The number of piperazine rings is 1. The molecule has 9 heteroatoms. The van der Waals surface area contributed by atoms with E-state index >= 15 is 0 Å². The molecule has 0 unspecified atom stereocenters. The number of carbonyl (C=O) groups excluding carboxylic acids is 3. The van der Waals surface area contributed by atoms with Gasteiger partial charge < -0.3 is 20.3 Å². The van der Waals surface area contributed by atoms with E-state index in [4.69, 9.17) is 10.5 Å². The fourth-order valence-electron chi connectivity index (χ4n) is 4.16. The number of carbonyl (C=O) groups is 3. The number of amides is 2. The van der Waals surface area contributed by atoms with Crippen LogP contribution in [0.3, 0.4) is 0 Å². The van der Waals surface area contributed by atoms with E-state index in [0.717, 1.165) is 16.9 Å². The fourth-order valence-corrected chi connectivity index (χ4v) is 4.81. The number of hydrogen-bond acceptors (Lipinski definition) is 7. The molecule has 2 aromatic rings. The number of aromatic nitrogens is 1. The molecular weight excluding hydrogens is 380 g/mol. The molecule has 2 saturated heterocycles. The van der Waals surface area contributed by atoms with Crippen LogP contribution in [0.15, 0.2) is 36.5 Å². The minimum atomic E-state index is -0.463. The van der Waals surface area contributed by atoms with E-state index in [1.165, 1.54) is 18.2 Å². The highest BCUT2D eigenvalue weighted by atomic mass is 32.1. The van der Waals surface area contributed by atoms with Crippen molar-refractivity contribution in [1.29, 1.82) is 0 Å². The van der Waals surface area contributed by atoms with Crippen LogP contribution >= 0.6 is 11.3 Å². The van der Waals surface area contributed by atoms with Crippen molar-refractivity contribution in [1.82, 2.24) is 14.8 Å². The third kappa shape index (κ3) is 3.11. The third-order valence-corrected chi connectivity index (χ3v) is 6.13. The number of anilines is 1. The first-order valence-corrected chi connectivity index (χ1v) is 9.75. The molecule has 3 atom stereocenters. The number of nitrogen functional groups attached to an aromatic ring is 1. The summed E-state index contributed by atoms with van der Waals surface area (Å²) in [6, 6.07) is 8.85. The van der Waals surface area contributed by atoms with E-state index in [1.54, 1.807) is 4.90 Å². The standard InChI is InChI=1S/C19H20N4O4S/c1-27-18(26)13-7-12-9-22(17(25)14-8-21-19(20)28-14)10-15(24)23(12)16(13)11-5-3-2-4-6-11/h2-6,8,12-13,16H,7,9-10H2,1H3,(H2,20,21)/t12-,13-,16-/m0/s1. The second-order valence-corrected chi connectivity index (χ2v) is 7.99. The minimum Gasteiger partial charge on any atom is -0.469 e. The molecule has 2 aliphatic heterocycles. The Bertz CT molecular complexity index is 916. The van der Waals surface area contributed by atoms with Crippen molar-refractivity contribution in [2.45, 2.75) is 18.5 Å². The van der Waals surface area contributed by atoms with Crippen molar-refractivity contribution in [2.24, 2.45) is 5.92 Å². The average molecular weight is 400 g/mol. The zero-order valence-corrected chi connectivity index (χ0v) is 16.1. The molecular formula is C19H20N4O4S. The number of ether oxygens (including phenoxy) is 1. The van der Waals surface area contributed by atoms with Crippen LogP contribution in [0.4, 0.5) is 5.13 Å². The van der Waals surface area contributed by atoms with Gasteiger partial charge in [0, 0.05) is 6.54 Å². The van der Waals surface area contributed by atoms with Gasteiger partial charge >= 0.3 is 5.97 Å². The topological polar surface area (TPSA) is 106 Å². The molecule has 28 heavy (non-hydrogen) atoms. The third-order valence-electron chi connectivity index (χ3n) is 5.31. The van der Waals surface area contributed by atoms with E-state index in [0.29, 0.717) is 23.0 Å². The van der Waals surface area contributed by atoms with Crippen molar-refractivity contribution in [3.8, 4) is 0 Å². The van der Waals surface area contributed by atoms with Crippen LogP contribution < -0.4 is 5.73 Å². The summed E-state index contributed by atoms with van der Waals surface area (Å²) >= 11 is 1.10. The van der Waals surface area contributed by atoms with Crippen LogP contribution in [0.1, 0.15) is 27.7 Å². The quantitative estimate of drug-likeness (QED) is 0.779. The lowest BCUT2D eigenvalue weighted by atomic mass is 9.93. The number of thiazole rings is 1. The molecule has 146 valence electrons. The lowest BCUT2D eigenvalue weighted by Crippen LogP contribution is -2.55. The van der Waals surface area contributed by atoms with Crippen LogP contribution in [-0.2, 0) is 14.3 Å². The summed E-state index contributed by atoms with van der Waals surface area (Å²) in [5, 5.41) is 0.309. The zero-order valence-electron chi connectivity index (χ0n) is 15.3. The molecule has 4 rings (SSSR count). The number of rotatable bonds is 3. The molecule has 2 aliphatic rings. The zero-order chi connectivity index (χ0) is 19.8. The van der Waals surface area contributed by atoms with E-state index in [-0.39, 0.29) is 36.4 Å². The van der Waals surface area contributed by atoms with Crippen LogP contribution in [0.2, 0.25) is 0 Å². The number of hydrogen-bond donors (Lipinski definition) is 1. The van der Waals surface area contributed by atoms with E-state index < -0.39 is 5.92 Å². The number of nitrogens with two attached hydrogens (primary N) is 1. The predicted octanol–water partition coefficient (Wildman–Crippen LogP) is 1.31. The van der Waals surface area contributed by atoms with Crippen LogP contribution in [-0.4, -0.2) is 58.8 Å². The fraction of sp³-hybridized carbons (Fsp3) is 0.368. The first-order chi connectivity index (χ1) is 13.5. The molecule has 2 N–H and O–H groups in total. The normalized spacial score (nSPS) is 24.2. The van der Waals surface area contributed by atoms with Crippen molar-refractivity contribution < 1.29 is 19.1 Å². The highest BCUT2D eigenvalue weighted by Gasteiger charge is 2.51. The predicted molar refractivity (Wildman–Crippen MR) is 102 cm³/mol. The van der Waals surface area contributed by atoms with Gasteiger partial charge in [-0.3, -0.25) is 14.4 Å². The van der Waals surface area contributed by atoms with Gasteiger partial charge in [-0.25, -0.2) is 4.98 Å². The van der Waals surface area contributed by atoms with Gasteiger partial charge in [-0.2, -0.15) is 0 Å². The van der Waals surface area contributed by atoms with Crippen molar-refractivity contribution in [2.75, 3.05) is 25.9 Å². The van der Waals surface area contributed by atoms with E-state index in [9.17, 15) is 14.4 Å². The Morgan fingerprint density at radius 2 is 2.04 bits per heavy atom. The Balaban J connectivity index is 1.62. The molecule has 0 spiro atoms. The molecule has 3 heterocycles. The summed E-state index contributed by atoms with van der Waals surface area (Å²) in [6.07, 6.45) is 1.88. The lowest BCUT2D eigenvalue weighted by Gasteiger charge is -2.39. The van der Waals surface area contributed by atoms with Gasteiger partial charge in [-0.1, -0.05) is 41.7 Å². The van der Waals surface area contributed by atoms with Gasteiger partial charge in [0.05, 0.1) is 31.3 Å². The average Bonchev–Trinajstić information content (AvgIpc) is 3.31. The number of esters is 1. The summed E-state index contributed by atoms with van der Waals surface area (Å²) in [5.41, 5.74) is 6.51. The Labute approximate surface area is 165 Å². The molecule has 0 bridgehead atoms. The summed E-state index contributed by atoms with van der Waals surface area (Å²) < 4.78 is 5.00. The van der Waals surface area contributed by atoms with Gasteiger partial charge in [-0.15, -0.1) is 0 Å². The van der Waals surface area contributed by atoms with Gasteiger partial charge in [0.2, 0.25) is 5.91 Å². The minimum absolute atomic E-state index is 0.0373. The van der Waals surface area contributed by atoms with Gasteiger partial charge in [0.1, 0.15) is 11.4 Å². The largest absolute Gasteiger partial charge is 0.469 e. The van der Waals surface area contributed by atoms with Crippen LogP contribution in [0.5, 0.6) is 0 Å². The Morgan fingerprint density at radius 1 is 1.29 bits per heavy atom. The van der Waals surface area contributed by atoms with E-state index in [2.05, 4.69) is 4.98 Å². The SMILES string of the molecule is COC(=O)[C@H]1C[C@H]2CN(C(=O)c3cnc(N)s3)CC(=O)N2[C@H]1c1ccccc1. The highest BCUT2D eigenvalue weighted by Crippen LogP contribution is 2.43. The maximum Gasteiger partial charge on any atom is 0.311 e.